The number of hydrogen-bond acceptors (Lipinski definition) is 3. The highest BCUT2D eigenvalue weighted by Gasteiger charge is 2.33. The molecule has 16 heavy (non-hydrogen) atoms. The third-order valence-corrected chi connectivity index (χ3v) is 2.90. The second-order valence-corrected chi connectivity index (χ2v) is 3.89. The van der Waals surface area contributed by atoms with E-state index in [-0.39, 0.29) is 11.5 Å². The molecule has 0 saturated heterocycles. The molecular weight excluding hydrogens is 206 g/mol. The van der Waals surface area contributed by atoms with E-state index in [1.165, 1.54) is 0 Å². The third kappa shape index (κ3) is 1.04. The van der Waals surface area contributed by atoms with Crippen LogP contribution in [0.5, 0.6) is 5.75 Å². The van der Waals surface area contributed by atoms with Gasteiger partial charge in [-0.15, -0.1) is 0 Å². The van der Waals surface area contributed by atoms with E-state index in [0.717, 1.165) is 5.39 Å². The summed E-state index contributed by atoms with van der Waals surface area (Å²) in [6.45, 7) is 1.68. The molecule has 0 spiro atoms. The number of nitrogens with one attached hydrogen (secondary N) is 1. The van der Waals surface area contributed by atoms with Gasteiger partial charge < -0.3 is 9.72 Å². The van der Waals surface area contributed by atoms with Crippen LogP contribution in [0.2, 0.25) is 0 Å². The predicted molar refractivity (Wildman–Crippen MR) is 58.6 cm³/mol. The second kappa shape index (κ2) is 2.95. The maximum absolute atomic E-state index is 11.8. The fourth-order valence-corrected chi connectivity index (χ4v) is 2.04. The number of hydrogen-bond donors (Lipinski definition) is 1. The Hall–Kier alpha value is -2.10. The van der Waals surface area contributed by atoms with Crippen molar-refractivity contribution in [2.75, 3.05) is 0 Å². The minimum atomic E-state index is -0.483. The van der Waals surface area contributed by atoms with Crippen LogP contribution in [0, 0.1) is 0 Å². The summed E-state index contributed by atoms with van der Waals surface area (Å²) in [5.74, 6) is -0.433. The molecule has 0 aliphatic carbocycles. The van der Waals surface area contributed by atoms with Gasteiger partial charge in [0.2, 0.25) is 0 Å². The highest BCUT2D eigenvalue weighted by atomic mass is 16.5. The molecule has 4 heteroatoms. The molecule has 1 aromatic heterocycles. The van der Waals surface area contributed by atoms with E-state index in [4.69, 9.17) is 4.74 Å². The molecule has 1 N–H and O–H groups in total. The summed E-state index contributed by atoms with van der Waals surface area (Å²) in [5, 5.41) is 0.773. The zero-order valence-corrected chi connectivity index (χ0v) is 8.61. The summed E-state index contributed by atoms with van der Waals surface area (Å²) in [6.07, 6.45) is 0. The second-order valence-electron chi connectivity index (χ2n) is 3.89. The number of ether oxygens (including phenoxy) is 1. The first-order valence-electron chi connectivity index (χ1n) is 5.05. The molecule has 0 radical (unpaired) electrons. The number of aromatic amines is 1. The minimum Gasteiger partial charge on any atom is -0.425 e. The lowest BCUT2D eigenvalue weighted by Gasteiger charge is -2.02. The van der Waals surface area contributed by atoms with Gasteiger partial charge in [0, 0.05) is 5.39 Å². The molecule has 1 unspecified atom stereocenters. The van der Waals surface area contributed by atoms with Crippen molar-refractivity contribution in [2.24, 2.45) is 0 Å². The largest absolute Gasteiger partial charge is 0.425 e. The Bertz CT molecular complexity index is 657. The molecule has 0 amide bonds. The number of carbonyl (C=O) groups is 1. The summed E-state index contributed by atoms with van der Waals surface area (Å²) in [6, 6.07) is 7.28. The maximum atomic E-state index is 11.8. The van der Waals surface area contributed by atoms with Crippen LogP contribution in [0.25, 0.3) is 10.9 Å². The average molecular weight is 215 g/mol. The average Bonchev–Trinajstić information content (AvgIpc) is 2.57. The Morgan fingerprint density at radius 3 is 2.81 bits per heavy atom. The molecule has 0 saturated carbocycles. The Morgan fingerprint density at radius 1 is 1.25 bits per heavy atom. The van der Waals surface area contributed by atoms with Crippen molar-refractivity contribution in [1.82, 2.24) is 4.98 Å². The number of esters is 1. The monoisotopic (exact) mass is 215 g/mol. The zero-order valence-electron chi connectivity index (χ0n) is 8.61. The molecule has 1 aliphatic heterocycles. The van der Waals surface area contributed by atoms with Crippen LogP contribution in [-0.2, 0) is 4.79 Å². The normalized spacial score (nSPS) is 18.6. The van der Waals surface area contributed by atoms with Crippen molar-refractivity contribution < 1.29 is 9.53 Å². The van der Waals surface area contributed by atoms with E-state index in [2.05, 4.69) is 4.98 Å². The van der Waals surface area contributed by atoms with Gasteiger partial charge in [-0.2, -0.15) is 0 Å². The van der Waals surface area contributed by atoms with Crippen molar-refractivity contribution in [1.29, 1.82) is 0 Å². The van der Waals surface area contributed by atoms with Crippen molar-refractivity contribution in [3.8, 4) is 5.75 Å². The highest BCUT2D eigenvalue weighted by molar-refractivity contribution is 5.95. The molecule has 1 aliphatic rings. The topological polar surface area (TPSA) is 59.2 Å². The number of H-pyrrole nitrogens is 1. The molecule has 3 rings (SSSR count). The predicted octanol–water partition coefficient (Wildman–Crippen LogP) is 1.55. The molecule has 2 heterocycles. The van der Waals surface area contributed by atoms with Crippen LogP contribution < -0.4 is 10.3 Å². The molecule has 4 nitrogen and oxygen atoms in total. The van der Waals surface area contributed by atoms with Gasteiger partial charge in [-0.3, -0.25) is 9.59 Å². The Kier molecular flexibility index (Phi) is 1.68. The number of benzene rings is 1. The summed E-state index contributed by atoms with van der Waals surface area (Å²) in [7, 11) is 0. The van der Waals surface area contributed by atoms with E-state index in [1.807, 2.05) is 18.2 Å². The minimum absolute atomic E-state index is 0.243. The lowest BCUT2D eigenvalue weighted by molar-refractivity contribution is -0.133. The molecule has 0 fully saturated rings. The van der Waals surface area contributed by atoms with Gasteiger partial charge in [0.05, 0.1) is 17.0 Å². The van der Waals surface area contributed by atoms with Crippen molar-refractivity contribution >= 4 is 16.9 Å². The first-order valence-corrected chi connectivity index (χ1v) is 5.05. The van der Waals surface area contributed by atoms with E-state index in [1.54, 1.807) is 13.0 Å². The third-order valence-electron chi connectivity index (χ3n) is 2.90. The van der Waals surface area contributed by atoms with Gasteiger partial charge in [0.1, 0.15) is 5.75 Å². The number of carbonyl (C=O) groups excluding carboxylic acids is 1. The molecular formula is C12H9NO3. The molecule has 1 atom stereocenters. The Morgan fingerprint density at radius 2 is 2.00 bits per heavy atom. The van der Waals surface area contributed by atoms with Crippen LogP contribution >= 0.6 is 0 Å². The van der Waals surface area contributed by atoms with Crippen molar-refractivity contribution in [3.63, 3.8) is 0 Å². The van der Waals surface area contributed by atoms with Gasteiger partial charge >= 0.3 is 5.97 Å². The van der Waals surface area contributed by atoms with E-state index in [9.17, 15) is 9.59 Å². The van der Waals surface area contributed by atoms with E-state index in [0.29, 0.717) is 16.8 Å². The van der Waals surface area contributed by atoms with Gasteiger partial charge in [-0.05, 0) is 19.1 Å². The Balaban J connectivity index is 2.48. The van der Waals surface area contributed by atoms with Crippen molar-refractivity contribution in [3.05, 3.63) is 40.2 Å². The first kappa shape index (κ1) is 9.15. The summed E-state index contributed by atoms with van der Waals surface area (Å²) in [4.78, 5) is 26.0. The molecule has 80 valence electrons. The summed E-state index contributed by atoms with van der Waals surface area (Å²) in [5.41, 5.74) is 0.879. The van der Waals surface area contributed by atoms with Gasteiger partial charge in [0.25, 0.3) is 5.56 Å². The highest BCUT2D eigenvalue weighted by Crippen LogP contribution is 2.36. The fraction of sp³-hybridized carbons (Fsp3) is 0.167. The molecule has 1 aromatic carbocycles. The first-order chi connectivity index (χ1) is 7.68. The summed E-state index contributed by atoms with van der Waals surface area (Å²) >= 11 is 0. The Labute approximate surface area is 90.9 Å². The number of pyridine rings is 1. The van der Waals surface area contributed by atoms with Gasteiger partial charge in [0.15, 0.2) is 0 Å². The van der Waals surface area contributed by atoms with Crippen LogP contribution in [0.15, 0.2) is 29.1 Å². The van der Waals surface area contributed by atoms with Crippen LogP contribution in [0.3, 0.4) is 0 Å². The standard InChI is InChI=1S/C12H9NO3/c1-6-9-10(16-12(6)15)7-4-2-3-5-8(7)13-11(9)14/h2-6H,1H3,(H,13,14). The lowest BCUT2D eigenvalue weighted by atomic mass is 10.0. The van der Waals surface area contributed by atoms with E-state index < -0.39 is 5.92 Å². The van der Waals surface area contributed by atoms with Gasteiger partial charge in [-0.1, -0.05) is 12.1 Å². The van der Waals surface area contributed by atoms with E-state index >= 15 is 0 Å². The fourth-order valence-electron chi connectivity index (χ4n) is 2.04. The number of aromatic nitrogens is 1. The van der Waals surface area contributed by atoms with Crippen LogP contribution in [0.4, 0.5) is 0 Å². The van der Waals surface area contributed by atoms with Crippen LogP contribution in [-0.4, -0.2) is 11.0 Å². The van der Waals surface area contributed by atoms with Crippen molar-refractivity contribution in [2.45, 2.75) is 12.8 Å². The smallest absolute Gasteiger partial charge is 0.318 e. The summed E-state index contributed by atoms with van der Waals surface area (Å²) < 4.78 is 5.15. The number of para-hydroxylation sites is 1. The number of rotatable bonds is 0. The lowest BCUT2D eigenvalue weighted by Crippen LogP contribution is -2.14. The molecule has 2 aromatic rings. The van der Waals surface area contributed by atoms with Crippen LogP contribution in [0.1, 0.15) is 18.4 Å². The quantitative estimate of drug-likeness (QED) is 0.678. The molecule has 0 bridgehead atoms. The number of fused-ring (bicyclic) bond motifs is 3. The maximum Gasteiger partial charge on any atom is 0.318 e. The SMILES string of the molecule is CC1C(=O)Oc2c1c(=O)[nH]c1ccccc21. The zero-order chi connectivity index (χ0) is 11.3. The van der Waals surface area contributed by atoms with Gasteiger partial charge in [-0.25, -0.2) is 0 Å².